The minimum absolute atomic E-state index is 0.0670. The molecule has 1 saturated heterocycles. The Kier molecular flexibility index (Phi) is 4.77. The number of carbonyl (C=O) groups is 2. The van der Waals surface area contributed by atoms with E-state index >= 15 is 0 Å². The Morgan fingerprint density at radius 3 is 2.75 bits per heavy atom. The van der Waals surface area contributed by atoms with E-state index in [0.29, 0.717) is 18.8 Å². The van der Waals surface area contributed by atoms with Crippen molar-refractivity contribution in [2.75, 3.05) is 11.9 Å². The molecule has 1 fully saturated rings. The summed E-state index contributed by atoms with van der Waals surface area (Å²) in [5.74, 6) is -0.952. The number of aromatic nitrogens is 1. The molecule has 0 bridgehead atoms. The number of nitrogens with one attached hydrogen (secondary N) is 1. The fourth-order valence-electron chi connectivity index (χ4n) is 3.46. The third kappa shape index (κ3) is 3.86. The summed E-state index contributed by atoms with van der Waals surface area (Å²) in [5, 5.41) is 3.86. The minimum Gasteiger partial charge on any atom is -0.338 e. The number of nitrogens with zero attached hydrogens (tertiary/aromatic N) is 2. The monoisotopic (exact) mass is 377 g/mol. The van der Waals surface area contributed by atoms with Crippen LogP contribution < -0.4 is 5.32 Å². The Bertz CT molecular complexity index is 1050. The molecule has 2 amide bonds. The predicted molar refractivity (Wildman–Crippen MR) is 105 cm³/mol. The van der Waals surface area contributed by atoms with E-state index in [2.05, 4.69) is 10.3 Å². The molecule has 1 aliphatic heterocycles. The van der Waals surface area contributed by atoms with Crippen LogP contribution >= 0.6 is 0 Å². The molecule has 4 rings (SSSR count). The molecule has 1 N–H and O–H groups in total. The van der Waals surface area contributed by atoms with Crippen LogP contribution in [0.2, 0.25) is 0 Å². The van der Waals surface area contributed by atoms with Gasteiger partial charge in [0.25, 0.3) is 0 Å². The Balaban J connectivity index is 1.41. The predicted octanol–water partition coefficient (Wildman–Crippen LogP) is 3.67. The highest BCUT2D eigenvalue weighted by Gasteiger charge is 2.34. The molecule has 1 aromatic heterocycles. The molecule has 0 unspecified atom stereocenters. The molecule has 3 aromatic rings. The van der Waals surface area contributed by atoms with Crippen LogP contribution in [-0.2, 0) is 16.1 Å². The number of hydrogen-bond acceptors (Lipinski definition) is 3. The van der Waals surface area contributed by atoms with Crippen molar-refractivity contribution in [3.63, 3.8) is 0 Å². The second kappa shape index (κ2) is 7.38. The average molecular weight is 377 g/mol. The summed E-state index contributed by atoms with van der Waals surface area (Å²) < 4.78 is 13.0. The van der Waals surface area contributed by atoms with E-state index in [0.717, 1.165) is 22.2 Å². The van der Waals surface area contributed by atoms with Gasteiger partial charge < -0.3 is 10.2 Å². The lowest BCUT2D eigenvalue weighted by Crippen LogP contribution is -2.28. The molecule has 1 atom stereocenters. The Morgan fingerprint density at radius 2 is 1.96 bits per heavy atom. The van der Waals surface area contributed by atoms with Gasteiger partial charge >= 0.3 is 0 Å². The number of carbonyl (C=O) groups excluding carboxylic acids is 2. The summed E-state index contributed by atoms with van der Waals surface area (Å²) in [6, 6.07) is 15.5. The van der Waals surface area contributed by atoms with E-state index < -0.39 is 5.92 Å². The number of halogens is 1. The summed E-state index contributed by atoms with van der Waals surface area (Å²) in [5.41, 5.74) is 3.34. The highest BCUT2D eigenvalue weighted by molar-refractivity contribution is 5.98. The molecule has 5 nitrogen and oxygen atoms in total. The SMILES string of the molecule is Cc1ccc2cc(NC(=O)[C@@H]3CC(=O)N(Cc4ccc(F)cc4)C3)ccc2n1. The smallest absolute Gasteiger partial charge is 0.229 e. The number of fused-ring (bicyclic) bond motifs is 1. The molecule has 2 aromatic carbocycles. The second-order valence-electron chi connectivity index (χ2n) is 7.15. The molecule has 1 aliphatic rings. The Labute approximate surface area is 162 Å². The summed E-state index contributed by atoms with van der Waals surface area (Å²) in [6.07, 6.45) is 0.182. The summed E-state index contributed by atoms with van der Waals surface area (Å²) in [7, 11) is 0. The first-order chi connectivity index (χ1) is 13.5. The maximum absolute atomic E-state index is 13.0. The van der Waals surface area contributed by atoms with E-state index in [9.17, 15) is 14.0 Å². The third-order valence-electron chi connectivity index (χ3n) is 4.97. The molecule has 2 heterocycles. The summed E-state index contributed by atoms with van der Waals surface area (Å²) in [6.45, 7) is 2.67. The first kappa shape index (κ1) is 18.1. The van der Waals surface area contributed by atoms with Crippen molar-refractivity contribution >= 4 is 28.4 Å². The van der Waals surface area contributed by atoms with Gasteiger partial charge in [0.1, 0.15) is 5.82 Å². The minimum atomic E-state index is -0.403. The zero-order chi connectivity index (χ0) is 19.7. The largest absolute Gasteiger partial charge is 0.338 e. The van der Waals surface area contributed by atoms with E-state index in [1.54, 1.807) is 17.0 Å². The lowest BCUT2D eigenvalue weighted by atomic mass is 10.1. The number of anilines is 1. The highest BCUT2D eigenvalue weighted by atomic mass is 19.1. The van der Waals surface area contributed by atoms with Crippen molar-refractivity contribution in [1.29, 1.82) is 0 Å². The molecular weight excluding hydrogens is 357 g/mol. The number of amides is 2. The fraction of sp³-hybridized carbons (Fsp3) is 0.227. The molecule has 6 heteroatoms. The van der Waals surface area contributed by atoms with Gasteiger partial charge in [0.2, 0.25) is 11.8 Å². The van der Waals surface area contributed by atoms with Gasteiger partial charge in [0, 0.05) is 36.3 Å². The summed E-state index contributed by atoms with van der Waals surface area (Å²) >= 11 is 0. The van der Waals surface area contributed by atoms with Gasteiger partial charge in [0.05, 0.1) is 11.4 Å². The average Bonchev–Trinajstić information content (AvgIpc) is 3.04. The third-order valence-corrected chi connectivity index (χ3v) is 4.97. The second-order valence-corrected chi connectivity index (χ2v) is 7.15. The number of pyridine rings is 1. The van der Waals surface area contributed by atoms with Crippen LogP contribution in [0.1, 0.15) is 17.7 Å². The molecule has 28 heavy (non-hydrogen) atoms. The molecule has 0 saturated carbocycles. The standard InChI is InChI=1S/C22H20FN3O2/c1-14-2-5-16-10-19(8-9-20(16)24-14)25-22(28)17-11-21(27)26(13-17)12-15-3-6-18(23)7-4-15/h2-10,17H,11-13H2,1H3,(H,25,28)/t17-/m1/s1. The fourth-order valence-corrected chi connectivity index (χ4v) is 3.46. The normalized spacial score (nSPS) is 16.6. The molecule has 0 spiro atoms. The van der Waals surface area contributed by atoms with Crippen LogP contribution in [0, 0.1) is 18.7 Å². The van der Waals surface area contributed by atoms with Crippen LogP contribution in [0.3, 0.4) is 0 Å². The van der Waals surface area contributed by atoms with Gasteiger partial charge in [0.15, 0.2) is 0 Å². The van der Waals surface area contributed by atoms with Crippen molar-refractivity contribution in [2.24, 2.45) is 5.92 Å². The number of likely N-dealkylation sites (tertiary alicyclic amines) is 1. The topological polar surface area (TPSA) is 62.3 Å². The van der Waals surface area contributed by atoms with Gasteiger partial charge in [-0.15, -0.1) is 0 Å². The Morgan fingerprint density at radius 1 is 1.18 bits per heavy atom. The van der Waals surface area contributed by atoms with Gasteiger partial charge in [-0.2, -0.15) is 0 Å². The van der Waals surface area contributed by atoms with Gasteiger partial charge in [-0.25, -0.2) is 4.39 Å². The lowest BCUT2D eigenvalue weighted by molar-refractivity contribution is -0.128. The van der Waals surface area contributed by atoms with Crippen molar-refractivity contribution in [1.82, 2.24) is 9.88 Å². The molecule has 142 valence electrons. The zero-order valence-corrected chi connectivity index (χ0v) is 15.5. The molecule has 0 radical (unpaired) electrons. The zero-order valence-electron chi connectivity index (χ0n) is 15.5. The van der Waals surface area contributed by atoms with Gasteiger partial charge in [-0.05, 0) is 48.9 Å². The van der Waals surface area contributed by atoms with Crippen molar-refractivity contribution in [3.8, 4) is 0 Å². The number of hydrogen-bond donors (Lipinski definition) is 1. The van der Waals surface area contributed by atoms with Crippen LogP contribution in [0.5, 0.6) is 0 Å². The van der Waals surface area contributed by atoms with Gasteiger partial charge in [-0.1, -0.05) is 18.2 Å². The van der Waals surface area contributed by atoms with Gasteiger partial charge in [-0.3, -0.25) is 14.6 Å². The lowest BCUT2D eigenvalue weighted by Gasteiger charge is -2.17. The quantitative estimate of drug-likeness (QED) is 0.755. The number of aryl methyl sites for hydroxylation is 1. The molecule has 0 aliphatic carbocycles. The van der Waals surface area contributed by atoms with Crippen molar-refractivity contribution in [2.45, 2.75) is 19.9 Å². The van der Waals surface area contributed by atoms with E-state index in [-0.39, 0.29) is 24.1 Å². The highest BCUT2D eigenvalue weighted by Crippen LogP contribution is 2.23. The first-order valence-electron chi connectivity index (χ1n) is 9.18. The van der Waals surface area contributed by atoms with E-state index in [4.69, 9.17) is 0 Å². The molecular formula is C22H20FN3O2. The maximum atomic E-state index is 13.0. The van der Waals surface area contributed by atoms with Crippen LogP contribution in [0.25, 0.3) is 10.9 Å². The van der Waals surface area contributed by atoms with Crippen molar-refractivity contribution < 1.29 is 14.0 Å². The number of rotatable bonds is 4. The van der Waals surface area contributed by atoms with E-state index in [1.807, 2.05) is 37.3 Å². The maximum Gasteiger partial charge on any atom is 0.229 e. The van der Waals surface area contributed by atoms with Crippen LogP contribution in [-0.4, -0.2) is 28.2 Å². The number of benzene rings is 2. The van der Waals surface area contributed by atoms with Crippen LogP contribution in [0.4, 0.5) is 10.1 Å². The van der Waals surface area contributed by atoms with Crippen molar-refractivity contribution in [3.05, 3.63) is 71.7 Å². The first-order valence-corrected chi connectivity index (χ1v) is 9.18. The van der Waals surface area contributed by atoms with Crippen LogP contribution in [0.15, 0.2) is 54.6 Å². The Hall–Kier alpha value is -3.28. The van der Waals surface area contributed by atoms with E-state index in [1.165, 1.54) is 12.1 Å². The summed E-state index contributed by atoms with van der Waals surface area (Å²) in [4.78, 5) is 31.0.